The molecule has 0 saturated heterocycles. The van der Waals surface area contributed by atoms with Crippen molar-refractivity contribution in [3.8, 4) is 11.3 Å². The quantitative estimate of drug-likeness (QED) is 0.677. The van der Waals surface area contributed by atoms with Crippen LogP contribution in [0, 0.1) is 6.92 Å². The SMILES string of the molecule is Cc1coc2c1CC(=O)c1ccccc1-2.O. The Morgan fingerprint density at radius 3 is 2.62 bits per heavy atom. The van der Waals surface area contributed by atoms with E-state index in [2.05, 4.69) is 0 Å². The summed E-state index contributed by atoms with van der Waals surface area (Å²) in [7, 11) is 0. The van der Waals surface area contributed by atoms with Crippen LogP contribution < -0.4 is 0 Å². The molecule has 1 aromatic carbocycles. The fraction of sp³-hybridized carbons (Fsp3) is 0.154. The standard InChI is InChI=1S/C13H10O2.H2O/c1-8-7-15-13-10-5-3-2-4-9(10)12(14)6-11(8)13;/h2-5,7H,6H2,1H3;1H2. The minimum absolute atomic E-state index is 0. The van der Waals surface area contributed by atoms with Crippen molar-refractivity contribution in [2.75, 3.05) is 0 Å². The first kappa shape index (κ1) is 10.6. The monoisotopic (exact) mass is 216 g/mol. The molecule has 82 valence electrons. The summed E-state index contributed by atoms with van der Waals surface area (Å²) >= 11 is 0. The van der Waals surface area contributed by atoms with E-state index in [0.717, 1.165) is 28.0 Å². The summed E-state index contributed by atoms with van der Waals surface area (Å²) in [6.45, 7) is 1.98. The summed E-state index contributed by atoms with van der Waals surface area (Å²) in [5.41, 5.74) is 3.81. The first-order chi connectivity index (χ1) is 7.27. The lowest BCUT2D eigenvalue weighted by molar-refractivity contribution is 0.0991. The van der Waals surface area contributed by atoms with Gasteiger partial charge in [0.25, 0.3) is 0 Å². The first-order valence-corrected chi connectivity index (χ1v) is 4.97. The van der Waals surface area contributed by atoms with Gasteiger partial charge in [0.05, 0.1) is 6.26 Å². The molecule has 2 aromatic rings. The second-order valence-corrected chi connectivity index (χ2v) is 3.87. The van der Waals surface area contributed by atoms with Crippen LogP contribution in [-0.2, 0) is 6.42 Å². The molecule has 0 saturated carbocycles. The van der Waals surface area contributed by atoms with Crippen LogP contribution in [0.4, 0.5) is 0 Å². The Labute approximate surface area is 93.0 Å². The maximum Gasteiger partial charge on any atom is 0.168 e. The van der Waals surface area contributed by atoms with Crippen molar-refractivity contribution < 1.29 is 14.7 Å². The number of hydrogen-bond acceptors (Lipinski definition) is 2. The number of hydrogen-bond donors (Lipinski definition) is 0. The topological polar surface area (TPSA) is 61.7 Å². The number of carbonyl (C=O) groups is 1. The lowest BCUT2D eigenvalue weighted by atomic mass is 9.88. The van der Waals surface area contributed by atoms with Crippen molar-refractivity contribution >= 4 is 5.78 Å². The van der Waals surface area contributed by atoms with Crippen LogP contribution in [-0.4, -0.2) is 11.3 Å². The molecule has 16 heavy (non-hydrogen) atoms. The fourth-order valence-corrected chi connectivity index (χ4v) is 2.09. The zero-order chi connectivity index (χ0) is 10.4. The number of fused-ring (bicyclic) bond motifs is 3. The van der Waals surface area contributed by atoms with Gasteiger partial charge in [-0.05, 0) is 12.5 Å². The number of benzene rings is 1. The van der Waals surface area contributed by atoms with Crippen molar-refractivity contribution in [2.45, 2.75) is 13.3 Å². The molecule has 0 bridgehead atoms. The lowest BCUT2D eigenvalue weighted by Crippen LogP contribution is -2.11. The molecule has 0 amide bonds. The minimum Gasteiger partial charge on any atom is -0.464 e. The van der Waals surface area contributed by atoms with Gasteiger partial charge >= 0.3 is 0 Å². The van der Waals surface area contributed by atoms with Gasteiger partial charge < -0.3 is 9.89 Å². The maximum absolute atomic E-state index is 11.9. The Hall–Kier alpha value is -1.87. The third-order valence-corrected chi connectivity index (χ3v) is 2.91. The summed E-state index contributed by atoms with van der Waals surface area (Å²) in [6.07, 6.45) is 2.19. The summed E-state index contributed by atoms with van der Waals surface area (Å²) in [6, 6.07) is 7.61. The van der Waals surface area contributed by atoms with Crippen LogP contribution in [0.1, 0.15) is 21.5 Å². The summed E-state index contributed by atoms with van der Waals surface area (Å²) in [5.74, 6) is 1.05. The molecule has 3 nitrogen and oxygen atoms in total. The summed E-state index contributed by atoms with van der Waals surface area (Å²) < 4.78 is 5.51. The van der Waals surface area contributed by atoms with E-state index in [1.807, 2.05) is 31.2 Å². The highest BCUT2D eigenvalue weighted by Gasteiger charge is 2.25. The zero-order valence-electron chi connectivity index (χ0n) is 8.91. The lowest BCUT2D eigenvalue weighted by Gasteiger charge is -2.13. The van der Waals surface area contributed by atoms with E-state index >= 15 is 0 Å². The third kappa shape index (κ3) is 1.29. The molecular formula is C13H12O3. The Kier molecular flexibility index (Phi) is 2.40. The average molecular weight is 216 g/mol. The van der Waals surface area contributed by atoms with Crippen LogP contribution in [0.3, 0.4) is 0 Å². The number of carbonyl (C=O) groups excluding carboxylic acids is 1. The van der Waals surface area contributed by atoms with Crippen LogP contribution >= 0.6 is 0 Å². The molecule has 1 aromatic heterocycles. The molecule has 2 N–H and O–H groups in total. The Morgan fingerprint density at radius 1 is 1.19 bits per heavy atom. The second-order valence-electron chi connectivity index (χ2n) is 3.87. The predicted octanol–water partition coefficient (Wildman–Crippen LogP) is 2.17. The van der Waals surface area contributed by atoms with Gasteiger partial charge in [0.15, 0.2) is 5.78 Å². The van der Waals surface area contributed by atoms with E-state index in [4.69, 9.17) is 4.42 Å². The molecule has 3 rings (SSSR count). The largest absolute Gasteiger partial charge is 0.464 e. The third-order valence-electron chi connectivity index (χ3n) is 2.91. The van der Waals surface area contributed by atoms with Crippen molar-refractivity contribution in [1.29, 1.82) is 0 Å². The Balaban J connectivity index is 0.000000963. The fourth-order valence-electron chi connectivity index (χ4n) is 2.09. The van der Waals surface area contributed by atoms with Crippen LogP contribution in [0.5, 0.6) is 0 Å². The van der Waals surface area contributed by atoms with E-state index < -0.39 is 0 Å². The molecular weight excluding hydrogens is 204 g/mol. The van der Waals surface area contributed by atoms with Gasteiger partial charge in [-0.15, -0.1) is 0 Å². The van der Waals surface area contributed by atoms with Crippen molar-refractivity contribution in [3.63, 3.8) is 0 Å². The van der Waals surface area contributed by atoms with Gasteiger partial charge in [0, 0.05) is 23.1 Å². The van der Waals surface area contributed by atoms with E-state index in [-0.39, 0.29) is 11.3 Å². The zero-order valence-corrected chi connectivity index (χ0v) is 8.91. The molecule has 1 aliphatic carbocycles. The van der Waals surface area contributed by atoms with Gasteiger partial charge in [-0.3, -0.25) is 4.79 Å². The number of ketones is 1. The van der Waals surface area contributed by atoms with Gasteiger partial charge in [-0.2, -0.15) is 0 Å². The van der Waals surface area contributed by atoms with E-state index in [9.17, 15) is 4.79 Å². The van der Waals surface area contributed by atoms with Gasteiger partial charge in [0.2, 0.25) is 0 Å². The molecule has 0 unspecified atom stereocenters. The molecule has 0 atom stereocenters. The molecule has 0 fully saturated rings. The highest BCUT2D eigenvalue weighted by Crippen LogP contribution is 2.35. The Bertz CT molecular complexity index is 552. The molecule has 0 radical (unpaired) electrons. The van der Waals surface area contributed by atoms with Gasteiger partial charge in [0.1, 0.15) is 5.76 Å². The molecule has 3 heteroatoms. The minimum atomic E-state index is 0. The molecule has 0 spiro atoms. The average Bonchev–Trinajstić information content (AvgIpc) is 2.62. The predicted molar refractivity (Wildman–Crippen MR) is 60.5 cm³/mol. The number of aryl methyl sites for hydroxylation is 1. The molecule has 1 aliphatic rings. The van der Waals surface area contributed by atoms with Crippen LogP contribution in [0.15, 0.2) is 34.9 Å². The molecule has 1 heterocycles. The maximum atomic E-state index is 11.9. The van der Waals surface area contributed by atoms with E-state index in [1.54, 1.807) is 6.26 Å². The van der Waals surface area contributed by atoms with Crippen molar-refractivity contribution in [3.05, 3.63) is 47.2 Å². The summed E-state index contributed by atoms with van der Waals surface area (Å²) in [4.78, 5) is 11.9. The van der Waals surface area contributed by atoms with E-state index in [1.165, 1.54) is 0 Å². The van der Waals surface area contributed by atoms with Gasteiger partial charge in [-0.1, -0.05) is 24.3 Å². The Morgan fingerprint density at radius 2 is 1.88 bits per heavy atom. The summed E-state index contributed by atoms with van der Waals surface area (Å²) in [5, 5.41) is 0. The van der Waals surface area contributed by atoms with E-state index in [0.29, 0.717) is 6.42 Å². The molecule has 0 aliphatic heterocycles. The van der Waals surface area contributed by atoms with Gasteiger partial charge in [-0.25, -0.2) is 0 Å². The second kappa shape index (κ2) is 3.61. The van der Waals surface area contributed by atoms with Crippen LogP contribution in [0.2, 0.25) is 0 Å². The normalized spacial score (nSPS) is 12.7. The highest BCUT2D eigenvalue weighted by atomic mass is 16.3. The van der Waals surface area contributed by atoms with Crippen molar-refractivity contribution in [2.24, 2.45) is 0 Å². The van der Waals surface area contributed by atoms with Crippen molar-refractivity contribution in [1.82, 2.24) is 0 Å². The number of furan rings is 1. The highest BCUT2D eigenvalue weighted by molar-refractivity contribution is 6.06. The first-order valence-electron chi connectivity index (χ1n) is 4.97. The van der Waals surface area contributed by atoms with Crippen LogP contribution in [0.25, 0.3) is 11.3 Å². The smallest absolute Gasteiger partial charge is 0.168 e. The number of Topliss-reactive ketones (excluding diaryl/α,β-unsaturated/α-hetero) is 1. The number of rotatable bonds is 0.